The molecule has 7 heteroatoms. The van der Waals surface area contributed by atoms with Gasteiger partial charge in [-0.2, -0.15) is 0 Å². The SMILES string of the molecule is CCCN1CCC(NC(=NC)NCCc2c(Cl)cccc2Cl)CC1.I. The van der Waals surface area contributed by atoms with Gasteiger partial charge in [-0.25, -0.2) is 0 Å². The second-order valence-electron chi connectivity index (χ2n) is 6.21. The first-order chi connectivity index (χ1) is 11.6. The van der Waals surface area contributed by atoms with Crippen LogP contribution in [0.4, 0.5) is 0 Å². The van der Waals surface area contributed by atoms with E-state index in [9.17, 15) is 0 Å². The van der Waals surface area contributed by atoms with Gasteiger partial charge in [-0.15, -0.1) is 24.0 Å². The highest BCUT2D eigenvalue weighted by Crippen LogP contribution is 2.24. The summed E-state index contributed by atoms with van der Waals surface area (Å²) in [5.74, 6) is 0.854. The molecule has 0 atom stereocenters. The molecular formula is C18H29Cl2IN4. The molecule has 0 saturated carbocycles. The van der Waals surface area contributed by atoms with Gasteiger partial charge in [0.15, 0.2) is 5.96 Å². The van der Waals surface area contributed by atoms with E-state index < -0.39 is 0 Å². The monoisotopic (exact) mass is 498 g/mol. The summed E-state index contributed by atoms with van der Waals surface area (Å²) in [6.45, 7) is 6.52. The smallest absolute Gasteiger partial charge is 0.191 e. The van der Waals surface area contributed by atoms with Crippen LogP contribution in [0.2, 0.25) is 10.0 Å². The van der Waals surface area contributed by atoms with Gasteiger partial charge in [0.1, 0.15) is 0 Å². The van der Waals surface area contributed by atoms with Crippen molar-refractivity contribution in [1.29, 1.82) is 0 Å². The molecule has 2 N–H and O–H groups in total. The third-order valence-electron chi connectivity index (χ3n) is 4.42. The minimum atomic E-state index is 0. The molecule has 0 unspecified atom stereocenters. The van der Waals surface area contributed by atoms with Gasteiger partial charge < -0.3 is 15.5 Å². The Morgan fingerprint density at radius 2 is 1.88 bits per heavy atom. The van der Waals surface area contributed by atoms with Gasteiger partial charge in [0, 0.05) is 42.8 Å². The lowest BCUT2D eigenvalue weighted by molar-refractivity contribution is 0.206. The summed E-state index contributed by atoms with van der Waals surface area (Å²) in [4.78, 5) is 6.86. The molecule has 1 aromatic rings. The highest BCUT2D eigenvalue weighted by Gasteiger charge is 2.19. The molecule has 0 bridgehead atoms. The van der Waals surface area contributed by atoms with Crippen molar-refractivity contribution in [3.8, 4) is 0 Å². The van der Waals surface area contributed by atoms with Gasteiger partial charge in [0.25, 0.3) is 0 Å². The van der Waals surface area contributed by atoms with Crippen molar-refractivity contribution >= 4 is 53.1 Å². The number of hydrogen-bond donors (Lipinski definition) is 2. The zero-order valence-electron chi connectivity index (χ0n) is 15.0. The van der Waals surface area contributed by atoms with Gasteiger partial charge in [-0.1, -0.05) is 36.2 Å². The first-order valence-corrected chi connectivity index (χ1v) is 9.52. The molecule has 0 spiro atoms. The Bertz CT molecular complexity index is 526. The van der Waals surface area contributed by atoms with Crippen LogP contribution in [-0.4, -0.2) is 50.1 Å². The van der Waals surface area contributed by atoms with E-state index in [0.29, 0.717) is 6.04 Å². The second-order valence-corrected chi connectivity index (χ2v) is 7.02. The summed E-state index contributed by atoms with van der Waals surface area (Å²) >= 11 is 12.4. The van der Waals surface area contributed by atoms with E-state index in [1.54, 1.807) is 0 Å². The van der Waals surface area contributed by atoms with Gasteiger partial charge in [-0.05, 0) is 49.9 Å². The number of hydrogen-bond acceptors (Lipinski definition) is 2. The minimum absolute atomic E-state index is 0. The minimum Gasteiger partial charge on any atom is -0.356 e. The molecule has 0 aliphatic carbocycles. The molecule has 25 heavy (non-hydrogen) atoms. The number of likely N-dealkylation sites (tertiary alicyclic amines) is 1. The maximum atomic E-state index is 6.21. The molecule has 0 aromatic heterocycles. The van der Waals surface area contributed by atoms with Crippen LogP contribution in [0.15, 0.2) is 23.2 Å². The van der Waals surface area contributed by atoms with E-state index >= 15 is 0 Å². The lowest BCUT2D eigenvalue weighted by atomic mass is 10.1. The first-order valence-electron chi connectivity index (χ1n) is 8.76. The van der Waals surface area contributed by atoms with Crippen LogP contribution < -0.4 is 10.6 Å². The molecule has 1 fully saturated rings. The van der Waals surface area contributed by atoms with Crippen molar-refractivity contribution in [3.05, 3.63) is 33.8 Å². The number of halogens is 3. The average molecular weight is 499 g/mol. The molecule has 1 heterocycles. The van der Waals surface area contributed by atoms with Crippen LogP contribution in [0, 0.1) is 0 Å². The summed E-state index contributed by atoms with van der Waals surface area (Å²) in [5, 5.41) is 8.33. The number of aliphatic imine (C=N–C) groups is 1. The Labute approximate surface area is 178 Å². The fourth-order valence-electron chi connectivity index (χ4n) is 3.08. The quantitative estimate of drug-likeness (QED) is 0.351. The number of guanidine groups is 1. The van der Waals surface area contributed by atoms with Crippen LogP contribution in [0.25, 0.3) is 0 Å². The molecule has 4 nitrogen and oxygen atoms in total. The summed E-state index contributed by atoms with van der Waals surface area (Å²) in [5.41, 5.74) is 0.983. The largest absolute Gasteiger partial charge is 0.356 e. The van der Waals surface area contributed by atoms with Gasteiger partial charge in [0.05, 0.1) is 0 Å². The topological polar surface area (TPSA) is 39.7 Å². The fraction of sp³-hybridized carbons (Fsp3) is 0.611. The Kier molecular flexibility index (Phi) is 11.1. The summed E-state index contributed by atoms with van der Waals surface area (Å²) in [7, 11) is 1.81. The number of piperidine rings is 1. The number of benzene rings is 1. The summed E-state index contributed by atoms with van der Waals surface area (Å²) in [6.07, 6.45) is 4.33. The molecule has 1 aliphatic heterocycles. The zero-order chi connectivity index (χ0) is 17.4. The van der Waals surface area contributed by atoms with E-state index in [2.05, 4.69) is 27.4 Å². The molecule has 0 amide bonds. The van der Waals surface area contributed by atoms with Crippen LogP contribution in [0.3, 0.4) is 0 Å². The average Bonchev–Trinajstić information content (AvgIpc) is 2.58. The van der Waals surface area contributed by atoms with Crippen LogP contribution in [0.5, 0.6) is 0 Å². The maximum Gasteiger partial charge on any atom is 0.191 e. The molecular weight excluding hydrogens is 470 g/mol. The van der Waals surface area contributed by atoms with Crippen molar-refractivity contribution < 1.29 is 0 Å². The second kappa shape index (κ2) is 12.2. The number of rotatable bonds is 6. The van der Waals surface area contributed by atoms with E-state index in [1.165, 1.54) is 13.0 Å². The Morgan fingerprint density at radius 1 is 1.24 bits per heavy atom. The normalized spacial score (nSPS) is 16.4. The van der Waals surface area contributed by atoms with Crippen molar-refractivity contribution in [1.82, 2.24) is 15.5 Å². The van der Waals surface area contributed by atoms with E-state index in [0.717, 1.165) is 60.5 Å². The predicted molar refractivity (Wildman–Crippen MR) is 120 cm³/mol. The molecule has 142 valence electrons. The third kappa shape index (κ3) is 7.49. The molecule has 1 saturated heterocycles. The standard InChI is InChI=1S/C18H28Cl2N4.HI/c1-3-11-24-12-8-14(9-13-24)23-18(21-2)22-10-7-15-16(19)5-4-6-17(15)20;/h4-6,14H,3,7-13H2,1-2H3,(H2,21,22,23);1H. The van der Waals surface area contributed by atoms with E-state index in [4.69, 9.17) is 23.2 Å². The first kappa shape index (κ1) is 22.8. The predicted octanol–water partition coefficient (Wildman–Crippen LogP) is 4.19. The third-order valence-corrected chi connectivity index (χ3v) is 5.13. The van der Waals surface area contributed by atoms with Crippen LogP contribution in [0.1, 0.15) is 31.7 Å². The van der Waals surface area contributed by atoms with Crippen molar-refractivity contribution in [2.24, 2.45) is 4.99 Å². The lowest BCUT2D eigenvalue weighted by Gasteiger charge is -2.32. The molecule has 0 radical (unpaired) electrons. The van der Waals surface area contributed by atoms with Crippen molar-refractivity contribution in [2.75, 3.05) is 33.2 Å². The van der Waals surface area contributed by atoms with Crippen LogP contribution >= 0.6 is 47.2 Å². The Balaban J connectivity index is 0.00000312. The Hall–Kier alpha value is -0.240. The van der Waals surface area contributed by atoms with E-state index in [1.807, 2.05) is 25.2 Å². The number of nitrogens with zero attached hydrogens (tertiary/aromatic N) is 2. The zero-order valence-corrected chi connectivity index (χ0v) is 18.9. The molecule has 1 aromatic carbocycles. The maximum absolute atomic E-state index is 6.21. The highest BCUT2D eigenvalue weighted by molar-refractivity contribution is 14.0. The van der Waals surface area contributed by atoms with E-state index in [-0.39, 0.29) is 24.0 Å². The Morgan fingerprint density at radius 3 is 2.44 bits per heavy atom. The molecule has 2 rings (SSSR count). The van der Waals surface area contributed by atoms with Gasteiger partial charge in [-0.3, -0.25) is 4.99 Å². The number of nitrogens with one attached hydrogen (secondary N) is 2. The van der Waals surface area contributed by atoms with Crippen LogP contribution in [-0.2, 0) is 6.42 Å². The lowest BCUT2D eigenvalue weighted by Crippen LogP contribution is -2.49. The molecule has 1 aliphatic rings. The van der Waals surface area contributed by atoms with Crippen molar-refractivity contribution in [2.45, 2.75) is 38.6 Å². The van der Waals surface area contributed by atoms with Gasteiger partial charge in [0.2, 0.25) is 0 Å². The highest BCUT2D eigenvalue weighted by atomic mass is 127. The summed E-state index contributed by atoms with van der Waals surface area (Å²) < 4.78 is 0. The summed E-state index contributed by atoms with van der Waals surface area (Å²) in [6, 6.07) is 6.11. The van der Waals surface area contributed by atoms with Gasteiger partial charge >= 0.3 is 0 Å². The fourth-order valence-corrected chi connectivity index (χ4v) is 3.67. The van der Waals surface area contributed by atoms with Crippen molar-refractivity contribution in [3.63, 3.8) is 0 Å².